The summed E-state index contributed by atoms with van der Waals surface area (Å²) in [5.41, 5.74) is 2.07. The van der Waals surface area contributed by atoms with Crippen LogP contribution in [0.2, 0.25) is 0 Å². The van der Waals surface area contributed by atoms with Gasteiger partial charge < -0.3 is 10.6 Å². The summed E-state index contributed by atoms with van der Waals surface area (Å²) in [6.07, 6.45) is 1.77. The van der Waals surface area contributed by atoms with Crippen LogP contribution in [0, 0.1) is 13.8 Å². The number of rotatable bonds is 5. The molecule has 0 aliphatic carbocycles. The molecular weight excluding hydrogens is 284 g/mol. The lowest BCUT2D eigenvalue weighted by molar-refractivity contribution is -0.130. The average Bonchev–Trinajstić information content (AvgIpc) is 2.73. The van der Waals surface area contributed by atoms with Gasteiger partial charge in [0.2, 0.25) is 11.8 Å². The van der Waals surface area contributed by atoms with Gasteiger partial charge in [0.25, 0.3) is 0 Å². The average molecular weight is 306 g/mol. The number of piperidine rings is 1. The van der Waals surface area contributed by atoms with Gasteiger partial charge in [0, 0.05) is 25.2 Å². The number of amides is 2. The minimum Gasteiger partial charge on any atom is -0.354 e. The van der Waals surface area contributed by atoms with Crippen molar-refractivity contribution in [1.82, 2.24) is 20.4 Å². The largest absolute Gasteiger partial charge is 0.354 e. The predicted molar refractivity (Wildman–Crippen MR) is 80.5 cm³/mol. The SMILES string of the molecule is CC(=O)c1c(C)nn(CCC(=O)NC2CCCNC2=O)c1C. The molecule has 7 nitrogen and oxygen atoms in total. The van der Waals surface area contributed by atoms with Crippen molar-refractivity contribution in [1.29, 1.82) is 0 Å². The van der Waals surface area contributed by atoms with E-state index < -0.39 is 6.04 Å². The van der Waals surface area contributed by atoms with Crippen molar-refractivity contribution in [2.24, 2.45) is 0 Å². The van der Waals surface area contributed by atoms with Crippen molar-refractivity contribution in [3.8, 4) is 0 Å². The van der Waals surface area contributed by atoms with Crippen LogP contribution in [0.4, 0.5) is 0 Å². The third-order valence-electron chi connectivity index (χ3n) is 3.90. The number of nitrogens with zero attached hydrogens (tertiary/aromatic N) is 2. The fraction of sp³-hybridized carbons (Fsp3) is 0.600. The molecule has 7 heteroatoms. The molecule has 1 saturated heterocycles. The van der Waals surface area contributed by atoms with Crippen LogP contribution in [0.3, 0.4) is 0 Å². The van der Waals surface area contributed by atoms with Crippen LogP contribution >= 0.6 is 0 Å². The van der Waals surface area contributed by atoms with Crippen molar-refractivity contribution < 1.29 is 14.4 Å². The lowest BCUT2D eigenvalue weighted by atomic mass is 10.1. The summed E-state index contributed by atoms with van der Waals surface area (Å²) >= 11 is 0. The lowest BCUT2D eigenvalue weighted by Crippen LogP contribution is -2.50. The molecule has 1 aromatic heterocycles. The quantitative estimate of drug-likeness (QED) is 0.774. The fourth-order valence-electron chi connectivity index (χ4n) is 2.81. The Kier molecular flexibility index (Phi) is 4.95. The molecule has 1 atom stereocenters. The van der Waals surface area contributed by atoms with Gasteiger partial charge in [-0.1, -0.05) is 0 Å². The smallest absolute Gasteiger partial charge is 0.242 e. The molecule has 0 spiro atoms. The molecule has 1 fully saturated rings. The summed E-state index contributed by atoms with van der Waals surface area (Å²) in [4.78, 5) is 35.1. The predicted octanol–water partition coefficient (Wildman–Crippen LogP) is 0.487. The van der Waals surface area contributed by atoms with Gasteiger partial charge in [0.15, 0.2) is 5.78 Å². The number of aryl methyl sites for hydroxylation is 2. The zero-order valence-electron chi connectivity index (χ0n) is 13.2. The fourth-order valence-corrected chi connectivity index (χ4v) is 2.81. The van der Waals surface area contributed by atoms with Crippen molar-refractivity contribution in [2.45, 2.75) is 52.6 Å². The minimum atomic E-state index is -0.436. The van der Waals surface area contributed by atoms with Crippen LogP contribution in [-0.4, -0.2) is 40.0 Å². The van der Waals surface area contributed by atoms with Gasteiger partial charge >= 0.3 is 0 Å². The highest BCUT2D eigenvalue weighted by Gasteiger charge is 2.23. The first-order valence-corrected chi connectivity index (χ1v) is 7.52. The summed E-state index contributed by atoms with van der Waals surface area (Å²) < 4.78 is 1.67. The van der Waals surface area contributed by atoms with E-state index in [1.165, 1.54) is 6.92 Å². The highest BCUT2D eigenvalue weighted by atomic mass is 16.2. The van der Waals surface area contributed by atoms with Crippen LogP contribution in [0.5, 0.6) is 0 Å². The molecule has 2 rings (SSSR count). The Labute approximate surface area is 129 Å². The van der Waals surface area contributed by atoms with Crippen LogP contribution in [0.15, 0.2) is 0 Å². The Morgan fingerprint density at radius 3 is 2.73 bits per heavy atom. The van der Waals surface area contributed by atoms with E-state index in [4.69, 9.17) is 0 Å². The zero-order valence-corrected chi connectivity index (χ0v) is 13.2. The Morgan fingerprint density at radius 2 is 2.14 bits per heavy atom. The third-order valence-corrected chi connectivity index (χ3v) is 3.90. The molecule has 2 heterocycles. The van der Waals surface area contributed by atoms with Gasteiger partial charge in [-0.3, -0.25) is 19.1 Å². The van der Waals surface area contributed by atoms with Gasteiger partial charge in [-0.15, -0.1) is 0 Å². The second-order valence-electron chi connectivity index (χ2n) is 5.63. The monoisotopic (exact) mass is 306 g/mol. The minimum absolute atomic E-state index is 0.0235. The van der Waals surface area contributed by atoms with Crippen molar-refractivity contribution in [3.63, 3.8) is 0 Å². The van der Waals surface area contributed by atoms with Crippen LogP contribution in [0.1, 0.15) is 47.9 Å². The molecular formula is C15H22N4O3. The molecule has 1 aliphatic heterocycles. The molecule has 22 heavy (non-hydrogen) atoms. The van der Waals surface area contributed by atoms with Crippen LogP contribution in [-0.2, 0) is 16.1 Å². The van der Waals surface area contributed by atoms with E-state index in [9.17, 15) is 14.4 Å². The highest BCUT2D eigenvalue weighted by molar-refractivity contribution is 5.96. The molecule has 1 aliphatic rings. The number of ketones is 1. The van der Waals surface area contributed by atoms with Gasteiger partial charge in [-0.05, 0) is 33.6 Å². The van der Waals surface area contributed by atoms with E-state index in [-0.39, 0.29) is 24.0 Å². The topological polar surface area (TPSA) is 93.1 Å². The molecule has 0 bridgehead atoms. The maximum absolute atomic E-state index is 12.0. The zero-order chi connectivity index (χ0) is 16.3. The molecule has 1 unspecified atom stereocenters. The van der Waals surface area contributed by atoms with Crippen molar-refractivity contribution in [3.05, 3.63) is 17.0 Å². The van der Waals surface area contributed by atoms with Gasteiger partial charge in [-0.25, -0.2) is 0 Å². The first kappa shape index (κ1) is 16.2. The van der Waals surface area contributed by atoms with E-state index >= 15 is 0 Å². The molecule has 120 valence electrons. The van der Waals surface area contributed by atoms with Gasteiger partial charge in [0.1, 0.15) is 6.04 Å². The number of hydrogen-bond donors (Lipinski definition) is 2. The number of Topliss-reactive ketones (excluding diaryl/α,β-unsaturated/α-hetero) is 1. The summed E-state index contributed by atoms with van der Waals surface area (Å²) in [7, 11) is 0. The van der Waals surface area contributed by atoms with Crippen LogP contribution in [0.25, 0.3) is 0 Å². The highest BCUT2D eigenvalue weighted by Crippen LogP contribution is 2.14. The normalized spacial score (nSPS) is 18.0. The summed E-state index contributed by atoms with van der Waals surface area (Å²) in [5, 5.41) is 9.78. The maximum Gasteiger partial charge on any atom is 0.242 e. The number of carbonyl (C=O) groups excluding carboxylic acids is 3. The lowest BCUT2D eigenvalue weighted by Gasteiger charge is -2.22. The third kappa shape index (κ3) is 3.52. The first-order valence-electron chi connectivity index (χ1n) is 7.52. The van der Waals surface area contributed by atoms with E-state index in [1.807, 2.05) is 6.92 Å². The van der Waals surface area contributed by atoms with E-state index in [2.05, 4.69) is 15.7 Å². The number of nitrogens with one attached hydrogen (secondary N) is 2. The Morgan fingerprint density at radius 1 is 1.41 bits per heavy atom. The first-order chi connectivity index (χ1) is 10.4. The second kappa shape index (κ2) is 6.72. The summed E-state index contributed by atoms with van der Waals surface area (Å²) in [6, 6.07) is -0.436. The Hall–Kier alpha value is -2.18. The van der Waals surface area contributed by atoms with E-state index in [1.54, 1.807) is 11.6 Å². The van der Waals surface area contributed by atoms with E-state index in [0.29, 0.717) is 30.8 Å². The standard InChI is InChI=1S/C15H22N4O3/c1-9-14(11(3)20)10(2)19(18-9)8-6-13(21)17-12-5-4-7-16-15(12)22/h12H,4-8H2,1-3H3,(H,16,22)(H,17,21). The number of hydrogen-bond acceptors (Lipinski definition) is 4. The van der Waals surface area contributed by atoms with Gasteiger partial charge in [0.05, 0.1) is 11.3 Å². The van der Waals surface area contributed by atoms with Crippen molar-refractivity contribution >= 4 is 17.6 Å². The van der Waals surface area contributed by atoms with E-state index in [0.717, 1.165) is 12.1 Å². The Bertz CT molecular complexity index is 606. The molecule has 2 N–H and O–H groups in total. The molecule has 0 radical (unpaired) electrons. The molecule has 0 aromatic carbocycles. The van der Waals surface area contributed by atoms with Crippen molar-refractivity contribution in [2.75, 3.05) is 6.54 Å². The number of carbonyl (C=O) groups is 3. The summed E-state index contributed by atoms with van der Waals surface area (Å²) in [5.74, 6) is -0.326. The molecule has 2 amide bonds. The maximum atomic E-state index is 12.0. The number of aromatic nitrogens is 2. The van der Waals surface area contributed by atoms with Gasteiger partial charge in [-0.2, -0.15) is 5.10 Å². The Balaban J connectivity index is 1.92. The molecule has 1 aromatic rings. The second-order valence-corrected chi connectivity index (χ2v) is 5.63. The molecule has 0 saturated carbocycles. The summed E-state index contributed by atoms with van der Waals surface area (Å²) in [6.45, 7) is 6.18. The van der Waals surface area contributed by atoms with Crippen LogP contribution < -0.4 is 10.6 Å².